The third-order valence-electron chi connectivity index (χ3n) is 2.53. The lowest BCUT2D eigenvalue weighted by molar-refractivity contribution is 0.503. The highest BCUT2D eigenvalue weighted by Crippen LogP contribution is 2.16. The minimum Gasteiger partial charge on any atom is -0.382 e. The minimum atomic E-state index is -0.234. The highest BCUT2D eigenvalue weighted by atomic mass is 35.5. The zero-order chi connectivity index (χ0) is 12.8. The van der Waals surface area contributed by atoms with E-state index in [2.05, 4.69) is 17.3 Å². The highest BCUT2D eigenvalue weighted by Gasteiger charge is 2.10. The molecule has 0 unspecified atom stereocenters. The molecule has 96 valence electrons. The van der Waals surface area contributed by atoms with E-state index in [1.54, 1.807) is 6.20 Å². The minimum absolute atomic E-state index is 0.0224. The number of unbranched alkanes of at least 4 members (excludes halogenated alkanes) is 2. The van der Waals surface area contributed by atoms with Crippen LogP contribution in [-0.4, -0.2) is 16.3 Å². The summed E-state index contributed by atoms with van der Waals surface area (Å²) in [5, 5.41) is 7.47. The van der Waals surface area contributed by atoms with E-state index in [4.69, 9.17) is 11.6 Å². The van der Waals surface area contributed by atoms with Crippen LogP contribution in [0.25, 0.3) is 0 Å². The van der Waals surface area contributed by atoms with Crippen molar-refractivity contribution in [2.24, 2.45) is 0 Å². The number of hydrogen-bond acceptors (Lipinski definition) is 3. The first-order valence-corrected chi connectivity index (χ1v) is 6.47. The molecule has 17 heavy (non-hydrogen) atoms. The number of hydrogen-bond donors (Lipinski definition) is 1. The maximum atomic E-state index is 11.8. The van der Waals surface area contributed by atoms with Gasteiger partial charge in [0, 0.05) is 6.54 Å². The van der Waals surface area contributed by atoms with Gasteiger partial charge in [-0.05, 0) is 20.3 Å². The van der Waals surface area contributed by atoms with Crippen LogP contribution in [0.15, 0.2) is 11.0 Å². The van der Waals surface area contributed by atoms with Gasteiger partial charge in [-0.3, -0.25) is 4.79 Å². The Balaban J connectivity index is 2.75. The summed E-state index contributed by atoms with van der Waals surface area (Å²) in [6, 6.07) is 0.0224. The van der Waals surface area contributed by atoms with Crippen molar-refractivity contribution < 1.29 is 0 Å². The average Bonchev–Trinajstić information content (AvgIpc) is 2.29. The molecule has 1 heterocycles. The smallest absolute Gasteiger partial charge is 0.287 e. The molecule has 1 N–H and O–H groups in total. The van der Waals surface area contributed by atoms with Crippen LogP contribution in [-0.2, 0) is 0 Å². The van der Waals surface area contributed by atoms with Crippen molar-refractivity contribution in [3.05, 3.63) is 21.6 Å². The van der Waals surface area contributed by atoms with Crippen LogP contribution in [0, 0.1) is 0 Å². The number of nitrogens with zero attached hydrogens (tertiary/aromatic N) is 2. The molecule has 1 aromatic rings. The van der Waals surface area contributed by atoms with Crippen molar-refractivity contribution in [1.29, 1.82) is 0 Å². The van der Waals surface area contributed by atoms with Crippen molar-refractivity contribution in [2.45, 2.75) is 46.1 Å². The Morgan fingerprint density at radius 1 is 1.47 bits per heavy atom. The van der Waals surface area contributed by atoms with Crippen molar-refractivity contribution in [3.8, 4) is 0 Å². The second kappa shape index (κ2) is 6.64. The lowest BCUT2D eigenvalue weighted by Gasteiger charge is -2.12. The van der Waals surface area contributed by atoms with Crippen LogP contribution < -0.4 is 10.9 Å². The Morgan fingerprint density at radius 2 is 2.18 bits per heavy atom. The van der Waals surface area contributed by atoms with Gasteiger partial charge in [0.15, 0.2) is 0 Å². The van der Waals surface area contributed by atoms with E-state index in [0.717, 1.165) is 13.0 Å². The van der Waals surface area contributed by atoms with E-state index >= 15 is 0 Å². The number of rotatable bonds is 6. The van der Waals surface area contributed by atoms with Gasteiger partial charge in [0.1, 0.15) is 5.02 Å². The molecule has 0 spiro atoms. The average molecular weight is 258 g/mol. The lowest BCUT2D eigenvalue weighted by Crippen LogP contribution is -2.25. The molecule has 1 rings (SSSR count). The maximum Gasteiger partial charge on any atom is 0.287 e. The van der Waals surface area contributed by atoms with Gasteiger partial charge in [0.2, 0.25) is 0 Å². The van der Waals surface area contributed by atoms with Crippen LogP contribution in [0.5, 0.6) is 0 Å². The topological polar surface area (TPSA) is 46.9 Å². The normalized spacial score (nSPS) is 10.9. The Kier molecular flexibility index (Phi) is 5.48. The molecule has 0 atom stereocenters. The maximum absolute atomic E-state index is 11.8. The molecule has 0 fully saturated rings. The number of nitrogens with one attached hydrogen (secondary N) is 1. The van der Waals surface area contributed by atoms with Gasteiger partial charge in [-0.25, -0.2) is 4.68 Å². The van der Waals surface area contributed by atoms with Crippen LogP contribution in [0.2, 0.25) is 5.02 Å². The SMILES string of the molecule is CCCCCNc1cnn(C(C)C)c(=O)c1Cl. The Bertz CT molecular complexity index is 415. The second-order valence-corrected chi connectivity index (χ2v) is 4.73. The van der Waals surface area contributed by atoms with Crippen molar-refractivity contribution in [3.63, 3.8) is 0 Å². The van der Waals surface area contributed by atoms with Crippen LogP contribution >= 0.6 is 11.6 Å². The predicted molar refractivity (Wildman–Crippen MR) is 71.9 cm³/mol. The third kappa shape index (κ3) is 3.73. The van der Waals surface area contributed by atoms with E-state index in [1.807, 2.05) is 13.8 Å². The molecule has 0 aliphatic heterocycles. The molecule has 5 heteroatoms. The fraction of sp³-hybridized carbons (Fsp3) is 0.667. The zero-order valence-corrected chi connectivity index (χ0v) is 11.4. The quantitative estimate of drug-likeness (QED) is 0.797. The monoisotopic (exact) mass is 257 g/mol. The summed E-state index contributed by atoms with van der Waals surface area (Å²) in [5.74, 6) is 0. The molecule has 4 nitrogen and oxygen atoms in total. The molecule has 1 aromatic heterocycles. The first kappa shape index (κ1) is 14.0. The Labute approximate surface area is 107 Å². The molecule has 0 radical (unpaired) electrons. The fourth-order valence-corrected chi connectivity index (χ4v) is 1.74. The second-order valence-electron chi connectivity index (χ2n) is 4.35. The molecular weight excluding hydrogens is 238 g/mol. The van der Waals surface area contributed by atoms with E-state index in [-0.39, 0.29) is 16.6 Å². The third-order valence-corrected chi connectivity index (χ3v) is 2.89. The Hall–Kier alpha value is -1.03. The summed E-state index contributed by atoms with van der Waals surface area (Å²) in [6.45, 7) is 6.77. The molecule has 0 aromatic carbocycles. The molecule has 0 aliphatic rings. The van der Waals surface area contributed by atoms with Crippen molar-refractivity contribution >= 4 is 17.3 Å². The van der Waals surface area contributed by atoms with Crippen LogP contribution in [0.4, 0.5) is 5.69 Å². The summed E-state index contributed by atoms with van der Waals surface area (Å²) in [4.78, 5) is 11.8. The lowest BCUT2D eigenvalue weighted by atomic mass is 10.2. The largest absolute Gasteiger partial charge is 0.382 e. The summed E-state index contributed by atoms with van der Waals surface area (Å²) >= 11 is 6.02. The van der Waals surface area contributed by atoms with Gasteiger partial charge in [-0.2, -0.15) is 5.10 Å². The molecule has 0 saturated heterocycles. The van der Waals surface area contributed by atoms with E-state index in [1.165, 1.54) is 17.5 Å². The molecule has 0 amide bonds. The highest BCUT2D eigenvalue weighted by molar-refractivity contribution is 6.32. The first-order chi connectivity index (χ1) is 8.07. The molecule has 0 bridgehead atoms. The van der Waals surface area contributed by atoms with Crippen LogP contribution in [0.3, 0.4) is 0 Å². The first-order valence-electron chi connectivity index (χ1n) is 6.09. The Morgan fingerprint density at radius 3 is 2.76 bits per heavy atom. The predicted octanol–water partition coefficient (Wildman–Crippen LogP) is 3.08. The summed E-state index contributed by atoms with van der Waals surface area (Å²) in [6.07, 6.45) is 5.03. The summed E-state index contributed by atoms with van der Waals surface area (Å²) < 4.78 is 1.39. The molecule has 0 aliphatic carbocycles. The van der Waals surface area contributed by atoms with Gasteiger partial charge in [0.25, 0.3) is 5.56 Å². The van der Waals surface area contributed by atoms with E-state index < -0.39 is 0 Å². The zero-order valence-electron chi connectivity index (χ0n) is 10.7. The van der Waals surface area contributed by atoms with Gasteiger partial charge in [-0.15, -0.1) is 0 Å². The standard InChI is InChI=1S/C12H20ClN3O/c1-4-5-6-7-14-10-8-15-16(9(2)3)12(17)11(10)13/h8-9,14H,4-7H2,1-3H3. The summed E-state index contributed by atoms with van der Waals surface area (Å²) in [7, 11) is 0. The molecule has 0 saturated carbocycles. The van der Waals surface area contributed by atoms with Gasteiger partial charge in [-0.1, -0.05) is 31.4 Å². The number of aromatic nitrogens is 2. The molecular formula is C12H20ClN3O. The number of anilines is 1. The van der Waals surface area contributed by atoms with E-state index in [0.29, 0.717) is 5.69 Å². The van der Waals surface area contributed by atoms with Gasteiger partial charge in [0.05, 0.1) is 17.9 Å². The van der Waals surface area contributed by atoms with Gasteiger partial charge < -0.3 is 5.32 Å². The van der Waals surface area contributed by atoms with Crippen molar-refractivity contribution in [2.75, 3.05) is 11.9 Å². The summed E-state index contributed by atoms with van der Waals surface area (Å²) in [5.41, 5.74) is 0.395. The number of halogens is 1. The van der Waals surface area contributed by atoms with Gasteiger partial charge >= 0.3 is 0 Å². The van der Waals surface area contributed by atoms with Crippen molar-refractivity contribution in [1.82, 2.24) is 9.78 Å². The van der Waals surface area contributed by atoms with Crippen LogP contribution in [0.1, 0.15) is 46.1 Å². The fourth-order valence-electron chi connectivity index (χ4n) is 1.53. The van der Waals surface area contributed by atoms with E-state index in [9.17, 15) is 4.79 Å².